The Labute approximate surface area is 162 Å². The van der Waals surface area contributed by atoms with E-state index in [4.69, 9.17) is 4.74 Å². The van der Waals surface area contributed by atoms with Crippen LogP contribution >= 0.6 is 0 Å². The van der Waals surface area contributed by atoms with E-state index in [9.17, 15) is 4.79 Å². The summed E-state index contributed by atoms with van der Waals surface area (Å²) in [5.74, 6) is 1.90. The van der Waals surface area contributed by atoms with Gasteiger partial charge in [-0.05, 0) is 42.8 Å². The van der Waals surface area contributed by atoms with Gasteiger partial charge in [-0.3, -0.25) is 4.79 Å². The van der Waals surface area contributed by atoms with Crippen LogP contribution in [0.1, 0.15) is 11.3 Å². The first kappa shape index (κ1) is 17.7. The quantitative estimate of drug-likeness (QED) is 0.576. The van der Waals surface area contributed by atoms with Crippen LogP contribution in [0.25, 0.3) is 16.7 Å². The minimum atomic E-state index is -0.118. The van der Waals surface area contributed by atoms with Crippen LogP contribution in [0.5, 0.6) is 5.75 Å². The van der Waals surface area contributed by atoms with Crippen molar-refractivity contribution in [2.75, 3.05) is 12.4 Å². The second kappa shape index (κ2) is 7.52. The van der Waals surface area contributed by atoms with E-state index in [1.54, 1.807) is 11.8 Å². The maximum atomic E-state index is 12.5. The molecule has 4 rings (SSSR count). The first-order valence-electron chi connectivity index (χ1n) is 8.98. The average molecular weight is 372 g/mol. The summed E-state index contributed by atoms with van der Waals surface area (Å²) in [6.45, 7) is 1.89. The van der Waals surface area contributed by atoms with Gasteiger partial charge in [0.1, 0.15) is 11.6 Å². The van der Waals surface area contributed by atoms with E-state index < -0.39 is 0 Å². The number of nitrogens with zero attached hydrogens (tertiary/aromatic N) is 3. The largest absolute Gasteiger partial charge is 0.497 e. The molecule has 1 amide bonds. The summed E-state index contributed by atoms with van der Waals surface area (Å²) in [6, 6.07) is 21.1. The highest BCUT2D eigenvalue weighted by atomic mass is 16.5. The highest BCUT2D eigenvalue weighted by molar-refractivity contribution is 5.92. The molecule has 0 aliphatic rings. The molecule has 0 aliphatic carbocycles. The van der Waals surface area contributed by atoms with Crippen molar-refractivity contribution in [2.45, 2.75) is 13.3 Å². The number of amides is 1. The molecule has 0 spiro atoms. The van der Waals surface area contributed by atoms with Crippen molar-refractivity contribution in [3.8, 4) is 11.6 Å². The lowest BCUT2D eigenvalue weighted by molar-refractivity contribution is -0.115. The zero-order valence-electron chi connectivity index (χ0n) is 15.7. The molecule has 6 heteroatoms. The third-order valence-corrected chi connectivity index (χ3v) is 4.42. The van der Waals surface area contributed by atoms with Gasteiger partial charge in [0.05, 0.1) is 24.7 Å². The second-order valence-corrected chi connectivity index (χ2v) is 6.52. The van der Waals surface area contributed by atoms with Gasteiger partial charge in [0.25, 0.3) is 0 Å². The Bertz CT molecular complexity index is 1130. The summed E-state index contributed by atoms with van der Waals surface area (Å²) in [7, 11) is 1.62. The molecule has 0 fully saturated rings. The fourth-order valence-corrected chi connectivity index (χ4v) is 3.05. The number of carbonyl (C=O) groups is 1. The SMILES string of the molecule is COc1ccc(CC(=O)Nc2cc(C)nn2-c2ccc3ccccc3n2)cc1. The Kier molecular flexibility index (Phi) is 4.76. The lowest BCUT2D eigenvalue weighted by atomic mass is 10.1. The van der Waals surface area contributed by atoms with Crippen LogP contribution in [0, 0.1) is 6.92 Å². The van der Waals surface area contributed by atoms with Crippen molar-refractivity contribution < 1.29 is 9.53 Å². The van der Waals surface area contributed by atoms with Crippen molar-refractivity contribution in [3.05, 3.63) is 78.0 Å². The van der Waals surface area contributed by atoms with E-state index in [0.29, 0.717) is 11.6 Å². The van der Waals surface area contributed by atoms with Crippen molar-refractivity contribution in [1.82, 2.24) is 14.8 Å². The van der Waals surface area contributed by atoms with Crippen LogP contribution in [0.3, 0.4) is 0 Å². The predicted molar refractivity (Wildman–Crippen MR) is 109 cm³/mol. The fourth-order valence-electron chi connectivity index (χ4n) is 3.05. The number of hydrogen-bond acceptors (Lipinski definition) is 4. The number of benzene rings is 2. The molecule has 0 saturated heterocycles. The Morgan fingerprint density at radius 3 is 2.64 bits per heavy atom. The van der Waals surface area contributed by atoms with Gasteiger partial charge in [-0.1, -0.05) is 30.3 Å². The number of aryl methyl sites for hydroxylation is 1. The molecule has 2 heterocycles. The van der Waals surface area contributed by atoms with E-state index in [2.05, 4.69) is 15.4 Å². The van der Waals surface area contributed by atoms with Crippen LogP contribution in [0.15, 0.2) is 66.7 Å². The van der Waals surface area contributed by atoms with Gasteiger partial charge in [0, 0.05) is 11.5 Å². The number of anilines is 1. The fraction of sp³-hybridized carbons (Fsp3) is 0.136. The summed E-state index contributed by atoms with van der Waals surface area (Å²) in [5.41, 5.74) is 2.59. The number of fused-ring (bicyclic) bond motifs is 1. The van der Waals surface area contributed by atoms with Gasteiger partial charge >= 0.3 is 0 Å². The molecular weight excluding hydrogens is 352 g/mol. The molecule has 6 nitrogen and oxygen atoms in total. The van der Waals surface area contributed by atoms with Gasteiger partial charge in [-0.25, -0.2) is 4.98 Å². The highest BCUT2D eigenvalue weighted by Gasteiger charge is 2.13. The van der Waals surface area contributed by atoms with Gasteiger partial charge in [-0.15, -0.1) is 0 Å². The molecule has 2 aromatic heterocycles. The monoisotopic (exact) mass is 372 g/mol. The summed E-state index contributed by atoms with van der Waals surface area (Å²) in [5, 5.41) is 8.49. The van der Waals surface area contributed by atoms with E-state index in [1.807, 2.05) is 73.7 Å². The molecule has 2 aromatic carbocycles. The second-order valence-electron chi connectivity index (χ2n) is 6.52. The number of pyridine rings is 1. The molecule has 28 heavy (non-hydrogen) atoms. The molecule has 0 bridgehead atoms. The summed E-state index contributed by atoms with van der Waals surface area (Å²) < 4.78 is 6.81. The van der Waals surface area contributed by atoms with Crippen LogP contribution in [0.2, 0.25) is 0 Å². The van der Waals surface area contributed by atoms with Crippen molar-refractivity contribution in [2.24, 2.45) is 0 Å². The Hall–Kier alpha value is -3.67. The van der Waals surface area contributed by atoms with E-state index in [-0.39, 0.29) is 12.3 Å². The molecule has 0 unspecified atom stereocenters. The maximum Gasteiger partial charge on any atom is 0.229 e. The number of methoxy groups -OCH3 is 1. The lowest BCUT2D eigenvalue weighted by Crippen LogP contribution is -2.17. The molecule has 0 aliphatic heterocycles. The number of para-hydroxylation sites is 1. The summed E-state index contributed by atoms with van der Waals surface area (Å²) >= 11 is 0. The standard InChI is InChI=1S/C22H20N4O2/c1-15-13-21(24-22(27)14-16-7-10-18(28-2)11-8-16)26(25-15)20-12-9-17-5-3-4-6-19(17)23-20/h3-13H,14H2,1-2H3,(H,24,27). The average Bonchev–Trinajstić information content (AvgIpc) is 3.08. The van der Waals surface area contributed by atoms with Crippen LogP contribution in [0.4, 0.5) is 5.82 Å². The molecule has 0 saturated carbocycles. The van der Waals surface area contributed by atoms with Gasteiger partial charge < -0.3 is 10.1 Å². The number of rotatable bonds is 5. The molecule has 0 atom stereocenters. The van der Waals surface area contributed by atoms with E-state index in [0.717, 1.165) is 27.9 Å². The third-order valence-electron chi connectivity index (χ3n) is 4.42. The topological polar surface area (TPSA) is 69.0 Å². The van der Waals surface area contributed by atoms with Gasteiger partial charge in [-0.2, -0.15) is 9.78 Å². The first-order valence-corrected chi connectivity index (χ1v) is 8.98. The maximum absolute atomic E-state index is 12.5. The van der Waals surface area contributed by atoms with Crippen molar-refractivity contribution >= 4 is 22.6 Å². The zero-order valence-corrected chi connectivity index (χ0v) is 15.7. The summed E-state index contributed by atoms with van der Waals surface area (Å²) in [6.07, 6.45) is 0.263. The minimum Gasteiger partial charge on any atom is -0.497 e. The molecule has 140 valence electrons. The number of ether oxygens (including phenoxy) is 1. The Morgan fingerprint density at radius 1 is 1.07 bits per heavy atom. The molecule has 0 radical (unpaired) electrons. The normalized spacial score (nSPS) is 10.8. The molecule has 4 aromatic rings. The van der Waals surface area contributed by atoms with Crippen molar-refractivity contribution in [3.63, 3.8) is 0 Å². The highest BCUT2D eigenvalue weighted by Crippen LogP contribution is 2.19. The first-order chi connectivity index (χ1) is 13.6. The Balaban J connectivity index is 1.57. The molecule has 1 N–H and O–H groups in total. The number of hydrogen-bond donors (Lipinski definition) is 1. The number of aromatic nitrogens is 3. The minimum absolute atomic E-state index is 0.118. The third kappa shape index (κ3) is 3.71. The zero-order chi connectivity index (χ0) is 19.5. The van der Waals surface area contributed by atoms with Gasteiger partial charge in [0.15, 0.2) is 5.82 Å². The van der Waals surface area contributed by atoms with Crippen LogP contribution < -0.4 is 10.1 Å². The number of nitrogens with one attached hydrogen (secondary N) is 1. The van der Waals surface area contributed by atoms with Crippen molar-refractivity contribution in [1.29, 1.82) is 0 Å². The molecular formula is C22H20N4O2. The summed E-state index contributed by atoms with van der Waals surface area (Å²) in [4.78, 5) is 17.2. The lowest BCUT2D eigenvalue weighted by Gasteiger charge is -2.09. The van der Waals surface area contributed by atoms with E-state index in [1.165, 1.54) is 0 Å². The predicted octanol–water partition coefficient (Wildman–Crippen LogP) is 3.92. The van der Waals surface area contributed by atoms with Gasteiger partial charge in [0.2, 0.25) is 5.91 Å². The van der Waals surface area contributed by atoms with Crippen LogP contribution in [-0.2, 0) is 11.2 Å². The van der Waals surface area contributed by atoms with E-state index >= 15 is 0 Å². The Morgan fingerprint density at radius 2 is 1.86 bits per heavy atom. The number of carbonyl (C=O) groups excluding carboxylic acids is 1. The smallest absolute Gasteiger partial charge is 0.229 e. The van der Waals surface area contributed by atoms with Crippen LogP contribution in [-0.4, -0.2) is 27.8 Å².